The number of aromatic amines is 1. The number of hydrogen-bond donors (Lipinski definition) is 2. The van der Waals surface area contributed by atoms with Gasteiger partial charge in [-0.1, -0.05) is 13.8 Å². The summed E-state index contributed by atoms with van der Waals surface area (Å²) >= 11 is 0. The summed E-state index contributed by atoms with van der Waals surface area (Å²) in [5.74, 6) is 1.47. The number of rotatable bonds is 1. The SMILES string of the molecule is Cc1cc2cn[nH]c2cc1C1NCC(C)CC1C. The molecule has 2 heterocycles. The number of hydrogen-bond acceptors (Lipinski definition) is 2. The highest BCUT2D eigenvalue weighted by molar-refractivity contribution is 5.79. The number of fused-ring (bicyclic) bond motifs is 1. The summed E-state index contributed by atoms with van der Waals surface area (Å²) in [4.78, 5) is 0. The van der Waals surface area contributed by atoms with Crippen LogP contribution in [0, 0.1) is 18.8 Å². The Morgan fingerprint density at radius 2 is 2.11 bits per heavy atom. The third kappa shape index (κ3) is 1.93. The van der Waals surface area contributed by atoms with Crippen molar-refractivity contribution in [2.75, 3.05) is 6.54 Å². The van der Waals surface area contributed by atoms with E-state index in [1.165, 1.54) is 22.9 Å². The Morgan fingerprint density at radius 1 is 1.28 bits per heavy atom. The van der Waals surface area contributed by atoms with Crippen molar-refractivity contribution in [3.05, 3.63) is 29.5 Å². The van der Waals surface area contributed by atoms with Crippen LogP contribution in [0.2, 0.25) is 0 Å². The maximum atomic E-state index is 4.11. The Kier molecular flexibility index (Phi) is 2.86. The zero-order valence-corrected chi connectivity index (χ0v) is 11.3. The minimum atomic E-state index is 0.480. The molecule has 18 heavy (non-hydrogen) atoms. The molecule has 96 valence electrons. The zero-order chi connectivity index (χ0) is 12.7. The highest BCUT2D eigenvalue weighted by atomic mass is 15.1. The summed E-state index contributed by atoms with van der Waals surface area (Å²) in [6.45, 7) is 8.00. The Bertz CT molecular complexity index is 558. The molecule has 1 fully saturated rings. The van der Waals surface area contributed by atoms with Gasteiger partial charge in [0, 0.05) is 11.4 Å². The molecule has 3 rings (SSSR count). The Morgan fingerprint density at radius 3 is 2.89 bits per heavy atom. The van der Waals surface area contributed by atoms with Crippen LogP contribution >= 0.6 is 0 Å². The average Bonchev–Trinajstić information content (AvgIpc) is 2.75. The fourth-order valence-corrected chi connectivity index (χ4v) is 3.26. The molecule has 1 aliphatic rings. The standard InChI is InChI=1S/C15H21N3/c1-9-4-11(3)15(16-7-9)13-6-14-12(5-10(13)2)8-17-18-14/h5-6,8-9,11,15-16H,4,7H2,1-3H3,(H,17,18). The van der Waals surface area contributed by atoms with E-state index in [0.717, 1.165) is 18.0 Å². The van der Waals surface area contributed by atoms with Gasteiger partial charge < -0.3 is 5.32 Å². The molecule has 3 unspecified atom stereocenters. The van der Waals surface area contributed by atoms with Gasteiger partial charge >= 0.3 is 0 Å². The highest BCUT2D eigenvalue weighted by Gasteiger charge is 2.27. The first-order valence-corrected chi connectivity index (χ1v) is 6.82. The van der Waals surface area contributed by atoms with Crippen molar-refractivity contribution in [1.29, 1.82) is 0 Å². The molecule has 0 amide bonds. The van der Waals surface area contributed by atoms with E-state index < -0.39 is 0 Å². The summed E-state index contributed by atoms with van der Waals surface area (Å²) in [5.41, 5.74) is 3.93. The molecule has 0 bridgehead atoms. The first-order chi connectivity index (χ1) is 8.65. The normalized spacial score (nSPS) is 28.7. The molecule has 2 aromatic rings. The number of nitrogens with one attached hydrogen (secondary N) is 2. The third-order valence-electron chi connectivity index (χ3n) is 4.19. The van der Waals surface area contributed by atoms with Gasteiger partial charge in [-0.3, -0.25) is 5.10 Å². The number of nitrogens with zero attached hydrogens (tertiary/aromatic N) is 1. The third-order valence-corrected chi connectivity index (χ3v) is 4.19. The van der Waals surface area contributed by atoms with E-state index in [4.69, 9.17) is 0 Å². The van der Waals surface area contributed by atoms with Crippen LogP contribution in [0.25, 0.3) is 10.9 Å². The van der Waals surface area contributed by atoms with Gasteiger partial charge in [0.05, 0.1) is 11.7 Å². The van der Waals surface area contributed by atoms with Gasteiger partial charge in [-0.15, -0.1) is 0 Å². The van der Waals surface area contributed by atoms with E-state index in [0.29, 0.717) is 12.0 Å². The lowest BCUT2D eigenvalue weighted by Gasteiger charge is -2.35. The van der Waals surface area contributed by atoms with Gasteiger partial charge in [0.15, 0.2) is 0 Å². The summed E-state index contributed by atoms with van der Waals surface area (Å²) in [5, 5.41) is 12.1. The van der Waals surface area contributed by atoms with Gasteiger partial charge in [0.2, 0.25) is 0 Å². The van der Waals surface area contributed by atoms with Gasteiger partial charge in [-0.05, 0) is 55.0 Å². The van der Waals surface area contributed by atoms with Gasteiger partial charge in [0.1, 0.15) is 0 Å². The molecule has 1 aromatic heterocycles. The molecule has 0 radical (unpaired) electrons. The summed E-state index contributed by atoms with van der Waals surface area (Å²) in [7, 11) is 0. The smallest absolute Gasteiger partial charge is 0.0653 e. The quantitative estimate of drug-likeness (QED) is 0.807. The number of aromatic nitrogens is 2. The topological polar surface area (TPSA) is 40.7 Å². The first kappa shape index (κ1) is 11.7. The second-order valence-corrected chi connectivity index (χ2v) is 5.87. The first-order valence-electron chi connectivity index (χ1n) is 6.82. The second-order valence-electron chi connectivity index (χ2n) is 5.87. The molecule has 3 atom stereocenters. The largest absolute Gasteiger partial charge is 0.309 e. The number of H-pyrrole nitrogens is 1. The molecular weight excluding hydrogens is 222 g/mol. The van der Waals surface area contributed by atoms with E-state index >= 15 is 0 Å². The van der Waals surface area contributed by atoms with E-state index in [-0.39, 0.29) is 0 Å². The number of piperidine rings is 1. The lowest BCUT2D eigenvalue weighted by atomic mass is 9.82. The van der Waals surface area contributed by atoms with Crippen LogP contribution in [0.1, 0.15) is 37.4 Å². The van der Waals surface area contributed by atoms with Crippen LogP contribution in [0.3, 0.4) is 0 Å². The predicted molar refractivity (Wildman–Crippen MR) is 74.5 cm³/mol. The van der Waals surface area contributed by atoms with Crippen LogP contribution in [0.15, 0.2) is 18.3 Å². The minimum absolute atomic E-state index is 0.480. The fourth-order valence-electron chi connectivity index (χ4n) is 3.26. The predicted octanol–water partition coefficient (Wildman–Crippen LogP) is 3.18. The average molecular weight is 243 g/mol. The van der Waals surface area contributed by atoms with Crippen molar-refractivity contribution in [2.24, 2.45) is 11.8 Å². The highest BCUT2D eigenvalue weighted by Crippen LogP contribution is 2.34. The van der Waals surface area contributed by atoms with E-state index in [9.17, 15) is 0 Å². The van der Waals surface area contributed by atoms with Crippen molar-refractivity contribution in [2.45, 2.75) is 33.2 Å². The van der Waals surface area contributed by atoms with Crippen LogP contribution in [0.4, 0.5) is 0 Å². The number of aryl methyl sites for hydroxylation is 1. The summed E-state index contributed by atoms with van der Waals surface area (Å²) in [6.07, 6.45) is 3.20. The van der Waals surface area contributed by atoms with E-state index in [1.807, 2.05) is 6.20 Å². The lowest BCUT2D eigenvalue weighted by Crippen LogP contribution is -2.37. The lowest BCUT2D eigenvalue weighted by molar-refractivity contribution is 0.246. The molecule has 3 heteroatoms. The van der Waals surface area contributed by atoms with Gasteiger partial charge in [0.25, 0.3) is 0 Å². The van der Waals surface area contributed by atoms with E-state index in [2.05, 4.69) is 48.4 Å². The maximum Gasteiger partial charge on any atom is 0.0653 e. The molecule has 1 aliphatic heterocycles. The van der Waals surface area contributed by atoms with E-state index in [1.54, 1.807) is 0 Å². The Labute approximate surface area is 108 Å². The van der Waals surface area contributed by atoms with Crippen molar-refractivity contribution in [1.82, 2.24) is 15.5 Å². The molecule has 0 spiro atoms. The monoisotopic (exact) mass is 243 g/mol. The summed E-state index contributed by atoms with van der Waals surface area (Å²) in [6, 6.07) is 4.98. The molecule has 3 nitrogen and oxygen atoms in total. The Balaban J connectivity index is 2.00. The molecule has 2 N–H and O–H groups in total. The maximum absolute atomic E-state index is 4.11. The summed E-state index contributed by atoms with van der Waals surface area (Å²) < 4.78 is 0. The zero-order valence-electron chi connectivity index (χ0n) is 11.3. The van der Waals surface area contributed by atoms with Crippen LogP contribution in [-0.2, 0) is 0 Å². The molecule has 0 aliphatic carbocycles. The molecule has 1 aromatic carbocycles. The minimum Gasteiger partial charge on any atom is -0.309 e. The molecule has 1 saturated heterocycles. The van der Waals surface area contributed by atoms with Crippen molar-refractivity contribution < 1.29 is 0 Å². The van der Waals surface area contributed by atoms with Crippen LogP contribution < -0.4 is 5.32 Å². The van der Waals surface area contributed by atoms with Crippen molar-refractivity contribution in [3.8, 4) is 0 Å². The number of benzene rings is 1. The van der Waals surface area contributed by atoms with Gasteiger partial charge in [-0.25, -0.2) is 0 Å². The molecular formula is C15H21N3. The second kappa shape index (κ2) is 4.39. The van der Waals surface area contributed by atoms with Crippen molar-refractivity contribution >= 4 is 10.9 Å². The van der Waals surface area contributed by atoms with Crippen LogP contribution in [-0.4, -0.2) is 16.7 Å². The fraction of sp³-hybridized carbons (Fsp3) is 0.533. The van der Waals surface area contributed by atoms with Crippen LogP contribution in [0.5, 0.6) is 0 Å². The Hall–Kier alpha value is -1.35. The van der Waals surface area contributed by atoms with Gasteiger partial charge in [-0.2, -0.15) is 5.10 Å². The molecule has 0 saturated carbocycles. The van der Waals surface area contributed by atoms with Crippen molar-refractivity contribution in [3.63, 3.8) is 0 Å².